The van der Waals surface area contributed by atoms with Crippen LogP contribution in [0.4, 0.5) is 0 Å². The van der Waals surface area contributed by atoms with Gasteiger partial charge in [-0.05, 0) is 45.0 Å². The van der Waals surface area contributed by atoms with Gasteiger partial charge in [0, 0.05) is 17.8 Å². The first-order valence-electron chi connectivity index (χ1n) is 6.24. The van der Waals surface area contributed by atoms with E-state index in [0.29, 0.717) is 6.42 Å². The standard InChI is InChI=1S/C9H13NO2.C6H7NO/c1-9(2,12)5-7-3-4-8(11)6-10-7;1-5-2-3-6(8)4-7-5/h3-4,6,11-12H,5H2,1-2H3;2-4,8H,1H3. The topological polar surface area (TPSA) is 86.5 Å². The number of nitrogens with zero attached hydrogens (tertiary/aromatic N) is 2. The maximum absolute atomic E-state index is 9.44. The molecule has 2 aromatic heterocycles. The van der Waals surface area contributed by atoms with Crippen molar-refractivity contribution in [1.82, 2.24) is 9.97 Å². The van der Waals surface area contributed by atoms with E-state index in [1.54, 1.807) is 38.1 Å². The summed E-state index contributed by atoms with van der Waals surface area (Å²) in [5.74, 6) is 0.366. The van der Waals surface area contributed by atoms with Crippen LogP contribution in [0, 0.1) is 6.92 Å². The molecule has 0 atom stereocenters. The van der Waals surface area contributed by atoms with Gasteiger partial charge in [-0.15, -0.1) is 0 Å². The summed E-state index contributed by atoms with van der Waals surface area (Å²) >= 11 is 0. The van der Waals surface area contributed by atoms with Gasteiger partial charge in [-0.3, -0.25) is 9.97 Å². The van der Waals surface area contributed by atoms with Crippen LogP contribution in [0.5, 0.6) is 11.5 Å². The third-order valence-corrected chi connectivity index (χ3v) is 2.32. The molecule has 0 saturated heterocycles. The summed E-state index contributed by atoms with van der Waals surface area (Å²) in [5, 5.41) is 27.1. The van der Waals surface area contributed by atoms with Crippen molar-refractivity contribution < 1.29 is 15.3 Å². The van der Waals surface area contributed by atoms with Crippen molar-refractivity contribution in [2.75, 3.05) is 0 Å². The number of aromatic nitrogens is 2. The zero-order valence-electron chi connectivity index (χ0n) is 11.9. The lowest BCUT2D eigenvalue weighted by Gasteiger charge is -2.15. The molecule has 2 rings (SSSR count). The number of pyridine rings is 2. The quantitative estimate of drug-likeness (QED) is 0.782. The van der Waals surface area contributed by atoms with Crippen LogP contribution in [0.1, 0.15) is 25.2 Å². The van der Waals surface area contributed by atoms with Crippen LogP contribution in [0.3, 0.4) is 0 Å². The Kier molecular flexibility index (Phi) is 5.46. The minimum absolute atomic E-state index is 0.148. The van der Waals surface area contributed by atoms with Crippen LogP contribution in [0.15, 0.2) is 36.7 Å². The van der Waals surface area contributed by atoms with E-state index < -0.39 is 5.60 Å². The Morgan fingerprint density at radius 3 is 1.85 bits per heavy atom. The van der Waals surface area contributed by atoms with Crippen molar-refractivity contribution in [3.05, 3.63) is 48.0 Å². The predicted octanol–water partition coefficient (Wildman–Crippen LogP) is 2.20. The van der Waals surface area contributed by atoms with Crippen molar-refractivity contribution in [2.24, 2.45) is 0 Å². The number of aryl methyl sites for hydroxylation is 1. The van der Waals surface area contributed by atoms with Crippen molar-refractivity contribution in [3.8, 4) is 11.5 Å². The summed E-state index contributed by atoms with van der Waals surface area (Å²) in [6, 6.07) is 6.64. The van der Waals surface area contributed by atoms with Crippen molar-refractivity contribution >= 4 is 0 Å². The molecule has 0 amide bonds. The van der Waals surface area contributed by atoms with Gasteiger partial charge < -0.3 is 15.3 Å². The second-order valence-corrected chi connectivity index (χ2v) is 5.15. The van der Waals surface area contributed by atoms with Gasteiger partial charge in [-0.1, -0.05) is 0 Å². The molecule has 108 valence electrons. The molecule has 0 aliphatic carbocycles. The molecule has 0 aliphatic heterocycles. The number of hydrogen-bond acceptors (Lipinski definition) is 5. The number of hydrogen-bond donors (Lipinski definition) is 3. The second kappa shape index (κ2) is 6.86. The molecule has 0 aliphatic rings. The highest BCUT2D eigenvalue weighted by Gasteiger charge is 2.13. The smallest absolute Gasteiger partial charge is 0.133 e. The predicted molar refractivity (Wildman–Crippen MR) is 76.5 cm³/mol. The highest BCUT2D eigenvalue weighted by molar-refractivity contribution is 5.18. The molecule has 2 aromatic rings. The fourth-order valence-corrected chi connectivity index (χ4v) is 1.42. The van der Waals surface area contributed by atoms with Crippen LogP contribution >= 0.6 is 0 Å². The lowest BCUT2D eigenvalue weighted by Crippen LogP contribution is -2.22. The number of aliphatic hydroxyl groups is 1. The molecule has 0 radical (unpaired) electrons. The Hall–Kier alpha value is -2.14. The monoisotopic (exact) mass is 276 g/mol. The second-order valence-electron chi connectivity index (χ2n) is 5.15. The first kappa shape index (κ1) is 15.9. The van der Waals surface area contributed by atoms with E-state index in [1.165, 1.54) is 12.4 Å². The van der Waals surface area contributed by atoms with Crippen LogP contribution in [0.2, 0.25) is 0 Å². The molecule has 20 heavy (non-hydrogen) atoms. The first-order chi connectivity index (χ1) is 9.26. The van der Waals surface area contributed by atoms with E-state index in [4.69, 9.17) is 10.2 Å². The van der Waals surface area contributed by atoms with Crippen LogP contribution in [-0.4, -0.2) is 30.9 Å². The average molecular weight is 276 g/mol. The third-order valence-electron chi connectivity index (χ3n) is 2.32. The maximum Gasteiger partial charge on any atom is 0.133 e. The SMILES string of the molecule is CC(C)(O)Cc1ccc(O)cn1.Cc1ccc(O)cn1. The first-order valence-corrected chi connectivity index (χ1v) is 6.24. The summed E-state index contributed by atoms with van der Waals surface area (Å²) in [7, 11) is 0. The summed E-state index contributed by atoms with van der Waals surface area (Å²) in [4.78, 5) is 7.78. The van der Waals surface area contributed by atoms with Crippen molar-refractivity contribution in [1.29, 1.82) is 0 Å². The Bertz CT molecular complexity index is 495. The highest BCUT2D eigenvalue weighted by atomic mass is 16.3. The van der Waals surface area contributed by atoms with E-state index in [9.17, 15) is 5.11 Å². The Balaban J connectivity index is 0.000000217. The molecule has 0 spiro atoms. The minimum Gasteiger partial charge on any atom is -0.506 e. The highest BCUT2D eigenvalue weighted by Crippen LogP contribution is 2.12. The van der Waals surface area contributed by atoms with Gasteiger partial charge in [0.15, 0.2) is 0 Å². The molecule has 3 N–H and O–H groups in total. The normalized spacial score (nSPS) is 10.6. The lowest BCUT2D eigenvalue weighted by atomic mass is 10.0. The maximum atomic E-state index is 9.44. The van der Waals surface area contributed by atoms with Gasteiger partial charge in [-0.2, -0.15) is 0 Å². The van der Waals surface area contributed by atoms with E-state index in [2.05, 4.69) is 9.97 Å². The van der Waals surface area contributed by atoms with Gasteiger partial charge in [0.1, 0.15) is 11.5 Å². The number of rotatable bonds is 2. The van der Waals surface area contributed by atoms with Crippen LogP contribution in [0.25, 0.3) is 0 Å². The van der Waals surface area contributed by atoms with Crippen molar-refractivity contribution in [2.45, 2.75) is 32.8 Å². The fraction of sp³-hybridized carbons (Fsp3) is 0.333. The lowest BCUT2D eigenvalue weighted by molar-refractivity contribution is 0.0799. The molecule has 0 aromatic carbocycles. The summed E-state index contributed by atoms with van der Waals surface area (Å²) in [6.45, 7) is 5.32. The number of aromatic hydroxyl groups is 2. The van der Waals surface area contributed by atoms with Gasteiger partial charge >= 0.3 is 0 Å². The van der Waals surface area contributed by atoms with E-state index in [0.717, 1.165) is 11.4 Å². The van der Waals surface area contributed by atoms with Gasteiger partial charge in [0.2, 0.25) is 0 Å². The van der Waals surface area contributed by atoms with E-state index in [1.807, 2.05) is 6.92 Å². The summed E-state index contributed by atoms with van der Waals surface area (Å²) in [5.41, 5.74) is 0.951. The zero-order valence-corrected chi connectivity index (χ0v) is 11.9. The molecule has 2 heterocycles. The fourth-order valence-electron chi connectivity index (χ4n) is 1.42. The van der Waals surface area contributed by atoms with Gasteiger partial charge in [0.05, 0.1) is 18.0 Å². The summed E-state index contributed by atoms with van der Waals surface area (Å²) in [6.07, 6.45) is 3.30. The average Bonchev–Trinajstić information content (AvgIpc) is 2.35. The van der Waals surface area contributed by atoms with Crippen molar-refractivity contribution in [3.63, 3.8) is 0 Å². The Morgan fingerprint density at radius 2 is 1.50 bits per heavy atom. The molecule has 0 fully saturated rings. The van der Waals surface area contributed by atoms with Crippen LogP contribution < -0.4 is 0 Å². The van der Waals surface area contributed by atoms with Crippen LogP contribution in [-0.2, 0) is 6.42 Å². The summed E-state index contributed by atoms with van der Waals surface area (Å²) < 4.78 is 0. The Labute approximate surface area is 118 Å². The van der Waals surface area contributed by atoms with Gasteiger partial charge in [0.25, 0.3) is 0 Å². The molecule has 0 bridgehead atoms. The van der Waals surface area contributed by atoms with Gasteiger partial charge in [-0.25, -0.2) is 0 Å². The van der Waals surface area contributed by atoms with E-state index in [-0.39, 0.29) is 11.5 Å². The molecule has 5 heteroatoms. The minimum atomic E-state index is -0.746. The molecule has 5 nitrogen and oxygen atoms in total. The van der Waals surface area contributed by atoms with E-state index >= 15 is 0 Å². The molecule has 0 unspecified atom stereocenters. The zero-order chi connectivity index (χ0) is 15.2. The molecular weight excluding hydrogens is 256 g/mol. The largest absolute Gasteiger partial charge is 0.506 e. The third kappa shape index (κ3) is 6.70. The molecular formula is C15H20N2O3. The Morgan fingerprint density at radius 1 is 0.950 bits per heavy atom. The molecule has 0 saturated carbocycles.